The fourth-order valence-electron chi connectivity index (χ4n) is 0.997. The van der Waals surface area contributed by atoms with Gasteiger partial charge in [-0.25, -0.2) is 9.37 Å². The van der Waals surface area contributed by atoms with Crippen molar-refractivity contribution in [1.29, 1.82) is 0 Å². The zero-order valence-corrected chi connectivity index (χ0v) is 7.59. The third kappa shape index (κ3) is 1.01. The Kier molecular flexibility index (Phi) is 1.56. The van der Waals surface area contributed by atoms with Crippen molar-refractivity contribution in [3.05, 3.63) is 28.0 Å². The quantitative estimate of drug-likeness (QED) is 0.572. The van der Waals surface area contributed by atoms with Gasteiger partial charge < -0.3 is 4.98 Å². The summed E-state index contributed by atoms with van der Waals surface area (Å²) in [5.74, 6) is -0.238. The predicted octanol–water partition coefficient (Wildman–Crippen LogP) is 2.31. The number of pyridine rings is 1. The highest BCUT2D eigenvalue weighted by molar-refractivity contribution is 14.1. The van der Waals surface area contributed by atoms with Gasteiger partial charge in [0.05, 0.1) is 10.9 Å². The summed E-state index contributed by atoms with van der Waals surface area (Å²) in [6.45, 7) is 0. The fraction of sp³-hybridized carbons (Fsp3) is 0. The fourth-order valence-corrected chi connectivity index (χ4v) is 1.71. The lowest BCUT2D eigenvalue weighted by Crippen LogP contribution is -1.80. The molecule has 0 saturated heterocycles. The van der Waals surface area contributed by atoms with E-state index in [1.165, 1.54) is 6.20 Å². The van der Waals surface area contributed by atoms with Crippen LogP contribution in [0, 0.1) is 9.52 Å². The molecule has 0 aliphatic rings. The monoisotopic (exact) mass is 262 g/mol. The molecule has 0 bridgehead atoms. The Morgan fingerprint density at radius 3 is 3.09 bits per heavy atom. The number of nitrogens with zero attached hydrogens (tertiary/aromatic N) is 1. The van der Waals surface area contributed by atoms with Gasteiger partial charge >= 0.3 is 0 Å². The zero-order valence-electron chi connectivity index (χ0n) is 5.44. The summed E-state index contributed by atoms with van der Waals surface area (Å²) in [7, 11) is 0. The Morgan fingerprint density at radius 2 is 2.36 bits per heavy atom. The second-order valence-corrected chi connectivity index (χ2v) is 3.18. The van der Waals surface area contributed by atoms with Gasteiger partial charge in [0.25, 0.3) is 0 Å². The molecule has 1 N–H and O–H groups in total. The highest BCUT2D eigenvalue weighted by Gasteiger charge is 2.05. The van der Waals surface area contributed by atoms with Crippen LogP contribution in [0.5, 0.6) is 0 Å². The van der Waals surface area contributed by atoms with Gasteiger partial charge in [0.2, 0.25) is 0 Å². The molecule has 11 heavy (non-hydrogen) atoms. The minimum absolute atomic E-state index is 0.238. The third-order valence-electron chi connectivity index (χ3n) is 1.50. The van der Waals surface area contributed by atoms with Crippen LogP contribution in [-0.2, 0) is 0 Å². The van der Waals surface area contributed by atoms with Gasteiger partial charge in [-0.15, -0.1) is 0 Å². The van der Waals surface area contributed by atoms with Gasteiger partial charge in [0, 0.05) is 12.4 Å². The van der Waals surface area contributed by atoms with E-state index in [2.05, 4.69) is 9.97 Å². The Hall–Kier alpha value is -0.650. The van der Waals surface area contributed by atoms with Gasteiger partial charge in [0.15, 0.2) is 5.82 Å². The second-order valence-electron chi connectivity index (χ2n) is 2.16. The molecule has 0 aromatic carbocycles. The third-order valence-corrected chi connectivity index (χ3v) is 2.32. The summed E-state index contributed by atoms with van der Waals surface area (Å²) in [6, 6.07) is 1.75. The van der Waals surface area contributed by atoms with E-state index in [4.69, 9.17) is 0 Å². The first-order valence-corrected chi connectivity index (χ1v) is 4.14. The maximum absolute atomic E-state index is 12.9. The van der Waals surface area contributed by atoms with Crippen molar-refractivity contribution in [2.45, 2.75) is 0 Å². The summed E-state index contributed by atoms with van der Waals surface area (Å²) in [5, 5.41) is 0.577. The van der Waals surface area contributed by atoms with Crippen LogP contribution in [0.1, 0.15) is 0 Å². The Labute approximate surface area is 76.0 Å². The molecule has 4 heteroatoms. The van der Waals surface area contributed by atoms with Crippen LogP contribution >= 0.6 is 22.6 Å². The standard InChI is InChI=1S/C7H4FIN2/c8-4-3-11-5-1-2-10-7(9)6(4)5/h1-3,11H. The molecule has 0 aliphatic carbocycles. The summed E-state index contributed by atoms with van der Waals surface area (Å²) in [4.78, 5) is 6.78. The van der Waals surface area contributed by atoms with Gasteiger partial charge in [0.1, 0.15) is 3.70 Å². The molecule has 0 atom stereocenters. The van der Waals surface area contributed by atoms with Crippen LogP contribution in [-0.4, -0.2) is 9.97 Å². The lowest BCUT2D eigenvalue weighted by Gasteiger charge is -1.90. The molecular weight excluding hydrogens is 258 g/mol. The van der Waals surface area contributed by atoms with E-state index in [1.807, 2.05) is 22.6 Å². The Balaban J connectivity index is 2.96. The van der Waals surface area contributed by atoms with Crippen molar-refractivity contribution >= 4 is 33.5 Å². The summed E-state index contributed by atoms with van der Waals surface area (Å²) >= 11 is 2.01. The van der Waals surface area contributed by atoms with Crippen molar-refractivity contribution in [2.24, 2.45) is 0 Å². The number of nitrogens with one attached hydrogen (secondary N) is 1. The van der Waals surface area contributed by atoms with E-state index in [-0.39, 0.29) is 5.82 Å². The molecular formula is C7H4FIN2. The largest absolute Gasteiger partial charge is 0.358 e. The highest BCUT2D eigenvalue weighted by Crippen LogP contribution is 2.20. The molecule has 0 saturated carbocycles. The highest BCUT2D eigenvalue weighted by atomic mass is 127. The number of rotatable bonds is 0. The summed E-state index contributed by atoms with van der Waals surface area (Å²) < 4.78 is 13.6. The van der Waals surface area contributed by atoms with E-state index in [1.54, 1.807) is 12.3 Å². The molecule has 2 nitrogen and oxygen atoms in total. The lowest BCUT2D eigenvalue weighted by molar-refractivity contribution is 0.638. The van der Waals surface area contributed by atoms with E-state index in [0.29, 0.717) is 9.09 Å². The van der Waals surface area contributed by atoms with E-state index >= 15 is 0 Å². The first-order chi connectivity index (χ1) is 5.29. The van der Waals surface area contributed by atoms with Crippen LogP contribution in [0.25, 0.3) is 10.9 Å². The molecule has 2 heterocycles. The van der Waals surface area contributed by atoms with Crippen LogP contribution in [0.2, 0.25) is 0 Å². The smallest absolute Gasteiger partial charge is 0.151 e. The number of halogens is 2. The topological polar surface area (TPSA) is 28.7 Å². The Bertz CT molecular complexity index is 396. The first-order valence-electron chi connectivity index (χ1n) is 3.06. The number of hydrogen-bond donors (Lipinski definition) is 1. The molecule has 0 fully saturated rings. The van der Waals surface area contributed by atoms with Crippen molar-refractivity contribution in [1.82, 2.24) is 9.97 Å². The number of fused-ring (bicyclic) bond motifs is 1. The number of aromatic nitrogens is 2. The minimum atomic E-state index is -0.238. The van der Waals surface area contributed by atoms with Crippen molar-refractivity contribution in [2.75, 3.05) is 0 Å². The summed E-state index contributed by atoms with van der Waals surface area (Å²) in [6.07, 6.45) is 2.99. The minimum Gasteiger partial charge on any atom is -0.358 e. The number of hydrogen-bond acceptors (Lipinski definition) is 1. The molecule has 2 aromatic rings. The molecule has 0 aliphatic heterocycles. The molecule has 56 valence electrons. The lowest BCUT2D eigenvalue weighted by atomic mass is 10.3. The van der Waals surface area contributed by atoms with Gasteiger partial charge in [-0.3, -0.25) is 0 Å². The number of H-pyrrole nitrogens is 1. The SMILES string of the molecule is Fc1c[nH]c2ccnc(I)c12. The van der Waals surface area contributed by atoms with Crippen LogP contribution in [0.3, 0.4) is 0 Å². The molecule has 0 unspecified atom stereocenters. The maximum atomic E-state index is 12.9. The second kappa shape index (κ2) is 2.44. The summed E-state index contributed by atoms with van der Waals surface area (Å²) in [5.41, 5.74) is 0.793. The van der Waals surface area contributed by atoms with Gasteiger partial charge in [-0.05, 0) is 28.7 Å². The van der Waals surface area contributed by atoms with Crippen molar-refractivity contribution in [3.8, 4) is 0 Å². The van der Waals surface area contributed by atoms with Crippen molar-refractivity contribution in [3.63, 3.8) is 0 Å². The Morgan fingerprint density at radius 1 is 1.55 bits per heavy atom. The van der Waals surface area contributed by atoms with Crippen LogP contribution in [0.15, 0.2) is 18.5 Å². The molecule has 0 radical (unpaired) electrons. The normalized spacial score (nSPS) is 10.7. The van der Waals surface area contributed by atoms with Crippen LogP contribution in [0.4, 0.5) is 4.39 Å². The predicted molar refractivity (Wildman–Crippen MR) is 48.8 cm³/mol. The molecule has 0 spiro atoms. The number of aromatic amines is 1. The van der Waals surface area contributed by atoms with E-state index < -0.39 is 0 Å². The van der Waals surface area contributed by atoms with Gasteiger partial charge in [-0.1, -0.05) is 0 Å². The van der Waals surface area contributed by atoms with E-state index in [0.717, 1.165) is 5.52 Å². The maximum Gasteiger partial charge on any atom is 0.151 e. The van der Waals surface area contributed by atoms with E-state index in [9.17, 15) is 4.39 Å². The molecule has 0 amide bonds. The average molecular weight is 262 g/mol. The van der Waals surface area contributed by atoms with Crippen molar-refractivity contribution < 1.29 is 4.39 Å². The molecule has 2 aromatic heterocycles. The van der Waals surface area contributed by atoms with Gasteiger partial charge in [-0.2, -0.15) is 0 Å². The molecule has 2 rings (SSSR count). The average Bonchev–Trinajstić information content (AvgIpc) is 2.34. The first kappa shape index (κ1) is 7.02. The zero-order chi connectivity index (χ0) is 7.84. The van der Waals surface area contributed by atoms with Crippen LogP contribution < -0.4 is 0 Å².